The number of carbonyl (C=O) groups is 2. The summed E-state index contributed by atoms with van der Waals surface area (Å²) in [5.41, 5.74) is 1.95. The number of rotatable bonds is 3. The predicted molar refractivity (Wildman–Crippen MR) is 93.2 cm³/mol. The molecule has 1 atom stereocenters. The summed E-state index contributed by atoms with van der Waals surface area (Å²) in [5, 5.41) is 7.01. The molecule has 1 saturated heterocycles. The van der Waals surface area contributed by atoms with Crippen molar-refractivity contribution in [1.29, 1.82) is 0 Å². The van der Waals surface area contributed by atoms with Crippen LogP contribution in [0, 0.1) is 5.92 Å². The van der Waals surface area contributed by atoms with Crippen LogP contribution in [0.5, 0.6) is 0 Å². The summed E-state index contributed by atoms with van der Waals surface area (Å²) in [6.45, 7) is 7.24. The standard InChI is InChI=1S/C17H25N3O2S/c1-3-14(21)19-16-15(17(22)20-8-6-18-7-9-20)12-5-4-11(2)10-13(12)23-16/h11,18H,3-10H2,1-2H3,(H,19,21). The van der Waals surface area contributed by atoms with Gasteiger partial charge in [0.1, 0.15) is 5.00 Å². The van der Waals surface area contributed by atoms with Crippen LogP contribution in [0.15, 0.2) is 0 Å². The van der Waals surface area contributed by atoms with Crippen LogP contribution in [-0.4, -0.2) is 42.9 Å². The quantitative estimate of drug-likeness (QED) is 0.891. The van der Waals surface area contributed by atoms with E-state index in [0.29, 0.717) is 12.3 Å². The SMILES string of the molecule is CCC(=O)Nc1sc2c(c1C(=O)N1CCNCC1)CCC(C)C2. The number of anilines is 1. The third-order valence-electron chi connectivity index (χ3n) is 4.70. The van der Waals surface area contributed by atoms with Crippen molar-refractivity contribution in [3.8, 4) is 0 Å². The summed E-state index contributed by atoms with van der Waals surface area (Å²) in [5.74, 6) is 0.717. The van der Waals surface area contributed by atoms with E-state index < -0.39 is 0 Å². The Kier molecular flexibility index (Phi) is 5.02. The lowest BCUT2D eigenvalue weighted by Crippen LogP contribution is -2.46. The van der Waals surface area contributed by atoms with Crippen LogP contribution in [0.25, 0.3) is 0 Å². The molecule has 1 unspecified atom stereocenters. The number of hydrogen-bond acceptors (Lipinski definition) is 4. The molecule has 1 aliphatic carbocycles. The maximum atomic E-state index is 13.1. The van der Waals surface area contributed by atoms with Crippen LogP contribution >= 0.6 is 11.3 Å². The first-order chi connectivity index (χ1) is 11.1. The van der Waals surface area contributed by atoms with Gasteiger partial charge in [-0.2, -0.15) is 0 Å². The van der Waals surface area contributed by atoms with E-state index in [9.17, 15) is 9.59 Å². The van der Waals surface area contributed by atoms with Gasteiger partial charge in [0.15, 0.2) is 0 Å². The topological polar surface area (TPSA) is 61.4 Å². The first-order valence-electron chi connectivity index (χ1n) is 8.54. The molecule has 0 saturated carbocycles. The van der Waals surface area contributed by atoms with Crippen molar-refractivity contribution in [2.45, 2.75) is 39.5 Å². The van der Waals surface area contributed by atoms with Crippen molar-refractivity contribution in [3.05, 3.63) is 16.0 Å². The average Bonchev–Trinajstić information content (AvgIpc) is 2.91. The first kappa shape index (κ1) is 16.5. The summed E-state index contributed by atoms with van der Waals surface area (Å²) in [4.78, 5) is 28.1. The van der Waals surface area contributed by atoms with Gasteiger partial charge in [-0.1, -0.05) is 13.8 Å². The van der Waals surface area contributed by atoms with Gasteiger partial charge in [0.05, 0.1) is 5.56 Å². The molecule has 3 rings (SSSR count). The lowest BCUT2D eigenvalue weighted by molar-refractivity contribution is -0.115. The van der Waals surface area contributed by atoms with Gasteiger partial charge in [-0.15, -0.1) is 11.3 Å². The van der Waals surface area contributed by atoms with E-state index in [1.54, 1.807) is 11.3 Å². The van der Waals surface area contributed by atoms with E-state index in [4.69, 9.17) is 0 Å². The second kappa shape index (κ2) is 7.01. The molecule has 2 aliphatic rings. The second-order valence-electron chi connectivity index (χ2n) is 6.50. The molecule has 5 nitrogen and oxygen atoms in total. The van der Waals surface area contributed by atoms with Crippen LogP contribution in [0.3, 0.4) is 0 Å². The number of hydrogen-bond donors (Lipinski definition) is 2. The highest BCUT2D eigenvalue weighted by molar-refractivity contribution is 7.17. The van der Waals surface area contributed by atoms with E-state index >= 15 is 0 Å². The number of amides is 2. The van der Waals surface area contributed by atoms with Gasteiger partial charge in [0, 0.05) is 37.5 Å². The fourth-order valence-corrected chi connectivity index (χ4v) is 4.73. The highest BCUT2D eigenvalue weighted by Gasteiger charge is 2.30. The minimum atomic E-state index is -0.0222. The van der Waals surface area contributed by atoms with Crippen molar-refractivity contribution in [1.82, 2.24) is 10.2 Å². The Morgan fingerprint density at radius 2 is 2.09 bits per heavy atom. The average molecular weight is 335 g/mol. The summed E-state index contributed by atoms with van der Waals surface area (Å²) in [7, 11) is 0. The zero-order chi connectivity index (χ0) is 16.4. The second-order valence-corrected chi connectivity index (χ2v) is 7.60. The van der Waals surface area contributed by atoms with Gasteiger partial charge in [0.2, 0.25) is 5.91 Å². The monoisotopic (exact) mass is 335 g/mol. The third-order valence-corrected chi connectivity index (χ3v) is 5.87. The maximum Gasteiger partial charge on any atom is 0.257 e. The van der Waals surface area contributed by atoms with E-state index in [1.807, 2.05) is 11.8 Å². The third kappa shape index (κ3) is 3.43. The Hall–Kier alpha value is -1.40. The Bertz CT molecular complexity index is 605. The molecule has 1 aromatic rings. The highest BCUT2D eigenvalue weighted by Crippen LogP contribution is 2.40. The Morgan fingerprint density at radius 3 is 2.78 bits per heavy atom. The Labute approximate surface area is 141 Å². The molecule has 2 N–H and O–H groups in total. The molecule has 1 aliphatic heterocycles. The van der Waals surface area contributed by atoms with Gasteiger partial charge in [-0.25, -0.2) is 0 Å². The van der Waals surface area contributed by atoms with Gasteiger partial charge in [0.25, 0.3) is 5.91 Å². The molecule has 0 radical (unpaired) electrons. The van der Waals surface area contributed by atoms with E-state index in [2.05, 4.69) is 17.6 Å². The number of carbonyl (C=O) groups excluding carboxylic acids is 2. The minimum absolute atomic E-state index is 0.0222. The smallest absolute Gasteiger partial charge is 0.257 e. The number of nitrogens with zero attached hydrogens (tertiary/aromatic N) is 1. The molecule has 0 aromatic carbocycles. The summed E-state index contributed by atoms with van der Waals surface area (Å²) in [6, 6.07) is 0. The minimum Gasteiger partial charge on any atom is -0.336 e. The van der Waals surface area contributed by atoms with Gasteiger partial charge in [-0.05, 0) is 30.7 Å². The lowest BCUT2D eigenvalue weighted by atomic mass is 9.88. The zero-order valence-corrected chi connectivity index (χ0v) is 14.7. The molecule has 23 heavy (non-hydrogen) atoms. The Balaban J connectivity index is 1.95. The predicted octanol–water partition coefficient (Wildman–Crippen LogP) is 2.27. The molecule has 2 amide bonds. The van der Waals surface area contributed by atoms with Crippen LogP contribution < -0.4 is 10.6 Å². The molecule has 0 spiro atoms. The normalized spacial score (nSPS) is 21.0. The van der Waals surface area contributed by atoms with Crippen molar-refractivity contribution >= 4 is 28.2 Å². The highest BCUT2D eigenvalue weighted by atomic mass is 32.1. The fourth-order valence-electron chi connectivity index (χ4n) is 3.31. The molecule has 126 valence electrons. The van der Waals surface area contributed by atoms with Gasteiger partial charge in [-0.3, -0.25) is 9.59 Å². The van der Waals surface area contributed by atoms with Crippen LogP contribution in [0.1, 0.15) is 47.5 Å². The van der Waals surface area contributed by atoms with Crippen molar-refractivity contribution in [2.75, 3.05) is 31.5 Å². The largest absolute Gasteiger partial charge is 0.336 e. The molecule has 2 heterocycles. The zero-order valence-electron chi connectivity index (χ0n) is 13.9. The molecule has 6 heteroatoms. The van der Waals surface area contributed by atoms with Gasteiger partial charge < -0.3 is 15.5 Å². The van der Waals surface area contributed by atoms with Gasteiger partial charge >= 0.3 is 0 Å². The lowest BCUT2D eigenvalue weighted by Gasteiger charge is -2.28. The van der Waals surface area contributed by atoms with Crippen molar-refractivity contribution < 1.29 is 9.59 Å². The van der Waals surface area contributed by atoms with Crippen molar-refractivity contribution in [2.24, 2.45) is 5.92 Å². The summed E-state index contributed by atoms with van der Waals surface area (Å²) >= 11 is 1.61. The number of fused-ring (bicyclic) bond motifs is 1. The summed E-state index contributed by atoms with van der Waals surface area (Å²) in [6.07, 6.45) is 3.51. The molecule has 0 bridgehead atoms. The van der Waals surface area contributed by atoms with E-state index in [0.717, 1.165) is 56.0 Å². The molecule has 1 aromatic heterocycles. The van der Waals surface area contributed by atoms with Crippen molar-refractivity contribution in [3.63, 3.8) is 0 Å². The number of piperazine rings is 1. The summed E-state index contributed by atoms with van der Waals surface area (Å²) < 4.78 is 0. The van der Waals surface area contributed by atoms with Crippen LogP contribution in [-0.2, 0) is 17.6 Å². The number of nitrogens with one attached hydrogen (secondary N) is 2. The van der Waals surface area contributed by atoms with Crippen LogP contribution in [0.4, 0.5) is 5.00 Å². The van der Waals surface area contributed by atoms with E-state index in [-0.39, 0.29) is 11.8 Å². The fraction of sp³-hybridized carbons (Fsp3) is 0.647. The Morgan fingerprint density at radius 1 is 1.35 bits per heavy atom. The maximum absolute atomic E-state index is 13.1. The first-order valence-corrected chi connectivity index (χ1v) is 9.36. The molecular formula is C17H25N3O2S. The van der Waals surface area contributed by atoms with E-state index in [1.165, 1.54) is 10.4 Å². The number of thiophene rings is 1. The molecular weight excluding hydrogens is 310 g/mol. The van der Waals surface area contributed by atoms with Crippen LogP contribution in [0.2, 0.25) is 0 Å². The molecule has 1 fully saturated rings.